The van der Waals surface area contributed by atoms with Gasteiger partial charge in [-0.2, -0.15) is 5.26 Å². The van der Waals surface area contributed by atoms with E-state index in [9.17, 15) is 18.0 Å². The zero-order valence-electron chi connectivity index (χ0n) is 16.5. The van der Waals surface area contributed by atoms with Crippen LogP contribution in [0.3, 0.4) is 0 Å². The molecule has 1 aliphatic rings. The van der Waals surface area contributed by atoms with Crippen LogP contribution in [0.4, 0.5) is 5.69 Å². The quantitative estimate of drug-likeness (QED) is 0.732. The lowest BCUT2D eigenvalue weighted by molar-refractivity contribution is -0.129. The van der Waals surface area contributed by atoms with Gasteiger partial charge in [0.05, 0.1) is 23.8 Å². The average Bonchev–Trinajstić information content (AvgIpc) is 3.24. The van der Waals surface area contributed by atoms with Crippen molar-refractivity contribution in [3.05, 3.63) is 65.2 Å². The summed E-state index contributed by atoms with van der Waals surface area (Å²) in [5.41, 5.74) is 2.29. The molecule has 2 amide bonds. The van der Waals surface area contributed by atoms with E-state index in [4.69, 9.17) is 5.26 Å². The maximum Gasteiger partial charge on any atom is 0.239 e. The molecule has 1 heterocycles. The van der Waals surface area contributed by atoms with Crippen LogP contribution in [-0.4, -0.2) is 44.0 Å². The van der Waals surface area contributed by atoms with Crippen molar-refractivity contribution < 1.29 is 18.0 Å². The second-order valence-electron chi connectivity index (χ2n) is 7.35. The lowest BCUT2D eigenvalue weighted by Gasteiger charge is -2.15. The molecule has 156 valence electrons. The molecule has 0 atom stereocenters. The Labute approximate surface area is 176 Å². The molecule has 1 N–H and O–H groups in total. The maximum atomic E-state index is 12.3. The first kappa shape index (κ1) is 21.5. The third kappa shape index (κ3) is 6.16. The molecular formula is C22H23N3O4S. The summed E-state index contributed by atoms with van der Waals surface area (Å²) >= 11 is 0. The maximum absolute atomic E-state index is 12.3. The summed E-state index contributed by atoms with van der Waals surface area (Å²) in [5.74, 6) is -1.44. The molecule has 0 aromatic heterocycles. The molecule has 2 aromatic carbocycles. The Morgan fingerprint density at radius 3 is 2.17 bits per heavy atom. The standard InChI is InChI=1S/C22H23N3O4S/c23-14-18-3-5-19(6-4-18)15-30(28,29)16-21(26)24-20-9-7-17(8-10-20)13-22(27)25-11-1-2-12-25/h3-10H,1-2,11-13,15-16H2,(H,24,26). The molecule has 3 rings (SSSR count). The predicted molar refractivity (Wildman–Crippen MR) is 113 cm³/mol. The fourth-order valence-electron chi connectivity index (χ4n) is 3.34. The molecule has 7 nitrogen and oxygen atoms in total. The van der Waals surface area contributed by atoms with Gasteiger partial charge in [0.15, 0.2) is 9.84 Å². The smallest absolute Gasteiger partial charge is 0.239 e. The highest BCUT2D eigenvalue weighted by Crippen LogP contribution is 2.14. The van der Waals surface area contributed by atoms with Crippen molar-refractivity contribution in [1.29, 1.82) is 5.26 Å². The van der Waals surface area contributed by atoms with Crippen molar-refractivity contribution in [2.24, 2.45) is 0 Å². The van der Waals surface area contributed by atoms with E-state index in [0.717, 1.165) is 31.5 Å². The summed E-state index contributed by atoms with van der Waals surface area (Å²) < 4.78 is 24.6. The van der Waals surface area contributed by atoms with Gasteiger partial charge >= 0.3 is 0 Å². The third-order valence-corrected chi connectivity index (χ3v) is 6.35. The number of hydrogen-bond acceptors (Lipinski definition) is 5. The number of rotatable bonds is 7. The summed E-state index contributed by atoms with van der Waals surface area (Å²) in [4.78, 5) is 26.2. The minimum absolute atomic E-state index is 0.0955. The number of amides is 2. The first-order chi connectivity index (χ1) is 14.3. The van der Waals surface area contributed by atoms with Crippen molar-refractivity contribution >= 4 is 27.3 Å². The largest absolute Gasteiger partial charge is 0.342 e. The molecule has 1 fully saturated rings. The van der Waals surface area contributed by atoms with Crippen LogP contribution in [0.2, 0.25) is 0 Å². The van der Waals surface area contributed by atoms with Crippen LogP contribution in [0.1, 0.15) is 29.5 Å². The van der Waals surface area contributed by atoms with Crippen molar-refractivity contribution in [3.8, 4) is 6.07 Å². The summed E-state index contributed by atoms with van der Waals surface area (Å²) in [6, 6.07) is 15.0. The van der Waals surface area contributed by atoms with Crippen LogP contribution >= 0.6 is 0 Å². The van der Waals surface area contributed by atoms with E-state index in [-0.39, 0.29) is 11.7 Å². The zero-order valence-corrected chi connectivity index (χ0v) is 17.3. The monoisotopic (exact) mass is 425 g/mol. The molecule has 0 unspecified atom stereocenters. The second kappa shape index (κ2) is 9.55. The van der Waals surface area contributed by atoms with E-state index < -0.39 is 21.5 Å². The first-order valence-corrected chi connectivity index (χ1v) is 11.5. The average molecular weight is 426 g/mol. The minimum atomic E-state index is -3.65. The fraction of sp³-hybridized carbons (Fsp3) is 0.318. The number of carbonyl (C=O) groups is 2. The van der Waals surface area contributed by atoms with Crippen molar-refractivity contribution in [2.45, 2.75) is 25.0 Å². The number of anilines is 1. The molecule has 8 heteroatoms. The molecule has 0 saturated carbocycles. The topological polar surface area (TPSA) is 107 Å². The lowest BCUT2D eigenvalue weighted by Crippen LogP contribution is -2.29. The number of nitrogens with one attached hydrogen (secondary N) is 1. The third-order valence-electron chi connectivity index (χ3n) is 4.87. The predicted octanol–water partition coefficient (Wildman–Crippen LogP) is 2.28. The Bertz CT molecular complexity index is 1050. The molecular weight excluding hydrogens is 402 g/mol. The molecule has 1 aliphatic heterocycles. The first-order valence-electron chi connectivity index (χ1n) is 9.71. The molecule has 0 spiro atoms. The Morgan fingerprint density at radius 2 is 1.57 bits per heavy atom. The van der Waals surface area contributed by atoms with Crippen LogP contribution in [-0.2, 0) is 31.6 Å². The molecule has 0 bridgehead atoms. The van der Waals surface area contributed by atoms with Gasteiger partial charge in [0.2, 0.25) is 11.8 Å². The molecule has 0 radical (unpaired) electrons. The number of likely N-dealkylation sites (tertiary alicyclic amines) is 1. The van der Waals surface area contributed by atoms with Crippen LogP contribution in [0.5, 0.6) is 0 Å². The lowest BCUT2D eigenvalue weighted by atomic mass is 10.1. The highest BCUT2D eigenvalue weighted by Gasteiger charge is 2.19. The number of nitriles is 1. The summed E-state index contributed by atoms with van der Waals surface area (Å²) in [5, 5.41) is 11.4. The SMILES string of the molecule is N#Cc1ccc(CS(=O)(=O)CC(=O)Nc2ccc(CC(=O)N3CCCC3)cc2)cc1. The van der Waals surface area contributed by atoms with E-state index >= 15 is 0 Å². The van der Waals surface area contributed by atoms with Gasteiger partial charge in [0, 0.05) is 18.8 Å². The van der Waals surface area contributed by atoms with Gasteiger partial charge in [-0.3, -0.25) is 9.59 Å². The van der Waals surface area contributed by atoms with Crippen molar-refractivity contribution in [1.82, 2.24) is 4.90 Å². The second-order valence-corrected chi connectivity index (χ2v) is 9.42. The summed E-state index contributed by atoms with van der Waals surface area (Å²) in [7, 11) is -3.65. The number of sulfone groups is 1. The van der Waals surface area contributed by atoms with Gasteiger partial charge in [-0.1, -0.05) is 24.3 Å². The molecule has 1 saturated heterocycles. The van der Waals surface area contributed by atoms with Crippen LogP contribution in [0.15, 0.2) is 48.5 Å². The van der Waals surface area contributed by atoms with E-state index in [0.29, 0.717) is 23.2 Å². The van der Waals surface area contributed by atoms with Gasteiger partial charge < -0.3 is 10.2 Å². The Hall–Kier alpha value is -3.18. The normalized spacial score (nSPS) is 13.6. The number of hydrogen-bond donors (Lipinski definition) is 1. The number of carbonyl (C=O) groups excluding carboxylic acids is 2. The van der Waals surface area contributed by atoms with Gasteiger partial charge in [-0.25, -0.2) is 8.42 Å². The van der Waals surface area contributed by atoms with Crippen molar-refractivity contribution in [2.75, 3.05) is 24.2 Å². The molecule has 30 heavy (non-hydrogen) atoms. The van der Waals surface area contributed by atoms with E-state index in [1.54, 1.807) is 48.5 Å². The van der Waals surface area contributed by atoms with E-state index in [1.807, 2.05) is 11.0 Å². The van der Waals surface area contributed by atoms with Crippen LogP contribution in [0.25, 0.3) is 0 Å². The molecule has 0 aliphatic carbocycles. The Kier molecular flexibility index (Phi) is 6.85. The summed E-state index contributed by atoms with van der Waals surface area (Å²) in [6.45, 7) is 1.62. The van der Waals surface area contributed by atoms with E-state index in [1.165, 1.54) is 0 Å². The summed E-state index contributed by atoms with van der Waals surface area (Å²) in [6.07, 6.45) is 2.41. The Balaban J connectivity index is 1.52. The fourth-order valence-corrected chi connectivity index (χ4v) is 4.61. The Morgan fingerprint density at radius 1 is 0.967 bits per heavy atom. The van der Waals surface area contributed by atoms with Gasteiger partial charge in [0.1, 0.15) is 5.75 Å². The van der Waals surface area contributed by atoms with Crippen molar-refractivity contribution in [3.63, 3.8) is 0 Å². The molecule has 2 aromatic rings. The van der Waals surface area contributed by atoms with Gasteiger partial charge in [0.25, 0.3) is 0 Å². The number of nitrogens with zero attached hydrogens (tertiary/aromatic N) is 2. The number of benzene rings is 2. The minimum Gasteiger partial charge on any atom is -0.342 e. The highest BCUT2D eigenvalue weighted by molar-refractivity contribution is 7.91. The van der Waals surface area contributed by atoms with Crippen LogP contribution < -0.4 is 5.32 Å². The van der Waals surface area contributed by atoms with Gasteiger partial charge in [-0.05, 0) is 48.2 Å². The van der Waals surface area contributed by atoms with Crippen LogP contribution in [0, 0.1) is 11.3 Å². The van der Waals surface area contributed by atoms with E-state index in [2.05, 4.69) is 5.32 Å². The zero-order chi connectivity index (χ0) is 21.6. The van der Waals surface area contributed by atoms with Gasteiger partial charge in [-0.15, -0.1) is 0 Å². The highest BCUT2D eigenvalue weighted by atomic mass is 32.2.